The van der Waals surface area contributed by atoms with Crippen LogP contribution in [0, 0.1) is 11.8 Å². The third-order valence-electron chi connectivity index (χ3n) is 4.51. The lowest BCUT2D eigenvalue weighted by Gasteiger charge is -2.25. The number of carbonyl (C=O) groups is 1. The molecule has 3 unspecified atom stereocenters. The van der Waals surface area contributed by atoms with Crippen LogP contribution >= 0.6 is 0 Å². The molecule has 1 aliphatic heterocycles. The molecule has 3 atom stereocenters. The number of para-hydroxylation sites is 1. The van der Waals surface area contributed by atoms with E-state index in [4.69, 9.17) is 10.5 Å². The van der Waals surface area contributed by atoms with Crippen LogP contribution in [0.4, 0.5) is 0 Å². The second-order valence-corrected chi connectivity index (χ2v) is 5.92. The first-order chi connectivity index (χ1) is 9.74. The Morgan fingerprint density at radius 3 is 3.00 bits per heavy atom. The van der Waals surface area contributed by atoms with Crippen molar-refractivity contribution in [2.45, 2.75) is 31.7 Å². The van der Waals surface area contributed by atoms with Crippen molar-refractivity contribution in [3.8, 4) is 5.75 Å². The van der Waals surface area contributed by atoms with Gasteiger partial charge in [0.1, 0.15) is 12.4 Å². The minimum absolute atomic E-state index is 0.0810. The number of rotatable bonds is 3. The van der Waals surface area contributed by atoms with Crippen LogP contribution in [-0.4, -0.2) is 25.1 Å². The summed E-state index contributed by atoms with van der Waals surface area (Å²) in [5.74, 6) is 1.37. The summed E-state index contributed by atoms with van der Waals surface area (Å²) in [6, 6.07) is 8.18. The molecule has 2 aliphatic rings. The predicted octanol–water partition coefficient (Wildman–Crippen LogP) is 1.48. The Morgan fingerprint density at radius 2 is 2.20 bits per heavy atom. The van der Waals surface area contributed by atoms with E-state index in [1.54, 1.807) is 0 Å². The lowest BCUT2D eigenvalue weighted by atomic mass is 9.95. The molecule has 4 nitrogen and oxygen atoms in total. The fourth-order valence-corrected chi connectivity index (χ4v) is 3.19. The Kier molecular flexibility index (Phi) is 3.92. The van der Waals surface area contributed by atoms with Crippen molar-refractivity contribution >= 4 is 5.91 Å². The number of carbonyl (C=O) groups excluding carboxylic acids is 1. The summed E-state index contributed by atoms with van der Waals surface area (Å²) in [4.78, 5) is 12.2. The summed E-state index contributed by atoms with van der Waals surface area (Å²) in [5, 5.41) is 3.06. The molecule has 1 aromatic rings. The van der Waals surface area contributed by atoms with Gasteiger partial charge in [-0.2, -0.15) is 0 Å². The van der Waals surface area contributed by atoms with Gasteiger partial charge < -0.3 is 15.8 Å². The van der Waals surface area contributed by atoms with E-state index in [0.717, 1.165) is 30.6 Å². The lowest BCUT2D eigenvalue weighted by molar-refractivity contribution is -0.126. The maximum Gasteiger partial charge on any atom is 0.226 e. The van der Waals surface area contributed by atoms with E-state index in [1.807, 2.05) is 24.3 Å². The number of nitrogens with two attached hydrogens (primary N) is 1. The van der Waals surface area contributed by atoms with Crippen molar-refractivity contribution in [1.29, 1.82) is 0 Å². The summed E-state index contributed by atoms with van der Waals surface area (Å²) in [5.41, 5.74) is 7.15. The van der Waals surface area contributed by atoms with Crippen molar-refractivity contribution < 1.29 is 9.53 Å². The zero-order chi connectivity index (χ0) is 13.9. The van der Waals surface area contributed by atoms with Gasteiger partial charge in [0.25, 0.3) is 0 Å². The van der Waals surface area contributed by atoms with Gasteiger partial charge in [-0.25, -0.2) is 0 Å². The molecule has 0 spiro atoms. The van der Waals surface area contributed by atoms with Crippen molar-refractivity contribution in [2.24, 2.45) is 17.6 Å². The largest absolute Gasteiger partial charge is 0.492 e. The molecule has 0 bridgehead atoms. The molecule has 0 aromatic heterocycles. The van der Waals surface area contributed by atoms with Crippen LogP contribution in [0.25, 0.3) is 0 Å². The molecule has 1 heterocycles. The molecule has 108 valence electrons. The third kappa shape index (κ3) is 2.80. The number of hydrogen-bond acceptors (Lipinski definition) is 3. The maximum atomic E-state index is 12.2. The van der Waals surface area contributed by atoms with Crippen LogP contribution < -0.4 is 15.8 Å². The Morgan fingerprint density at radius 1 is 1.35 bits per heavy atom. The average Bonchev–Trinajstić information content (AvgIpc) is 2.89. The van der Waals surface area contributed by atoms with E-state index in [0.29, 0.717) is 19.1 Å². The van der Waals surface area contributed by atoms with E-state index in [9.17, 15) is 4.79 Å². The molecule has 1 aromatic carbocycles. The van der Waals surface area contributed by atoms with Crippen LogP contribution in [0.1, 0.15) is 24.8 Å². The number of hydrogen-bond donors (Lipinski definition) is 2. The summed E-state index contributed by atoms with van der Waals surface area (Å²) >= 11 is 0. The quantitative estimate of drug-likeness (QED) is 0.877. The van der Waals surface area contributed by atoms with E-state index in [1.165, 1.54) is 6.42 Å². The van der Waals surface area contributed by atoms with Crippen molar-refractivity contribution in [3.63, 3.8) is 0 Å². The highest BCUT2D eigenvalue weighted by atomic mass is 16.5. The second kappa shape index (κ2) is 5.83. The van der Waals surface area contributed by atoms with Gasteiger partial charge in [-0.05, 0) is 36.8 Å². The first kappa shape index (κ1) is 13.4. The first-order valence-electron chi connectivity index (χ1n) is 7.48. The fourth-order valence-electron chi connectivity index (χ4n) is 3.19. The van der Waals surface area contributed by atoms with Crippen LogP contribution in [0.5, 0.6) is 5.75 Å². The molecule has 1 aliphatic carbocycles. The topological polar surface area (TPSA) is 64.3 Å². The van der Waals surface area contributed by atoms with Gasteiger partial charge in [0, 0.05) is 12.6 Å². The monoisotopic (exact) mass is 274 g/mol. The standard InChI is InChI=1S/C16H22N2O2/c17-14-6-3-5-12(14)9-18-16(19)13-8-11-4-1-2-7-15(11)20-10-13/h1-2,4,7,12-14H,3,5-6,8-10,17H2,(H,18,19). The van der Waals surface area contributed by atoms with Crippen molar-refractivity contribution in [1.82, 2.24) is 5.32 Å². The summed E-state index contributed by atoms with van der Waals surface area (Å²) in [6.07, 6.45) is 4.16. The van der Waals surface area contributed by atoms with E-state index >= 15 is 0 Å². The van der Waals surface area contributed by atoms with E-state index < -0.39 is 0 Å². The highest BCUT2D eigenvalue weighted by Crippen LogP contribution is 2.27. The SMILES string of the molecule is NC1CCCC1CNC(=O)C1COc2ccccc2C1. The highest BCUT2D eigenvalue weighted by molar-refractivity contribution is 5.79. The Bertz CT molecular complexity index is 489. The second-order valence-electron chi connectivity index (χ2n) is 5.92. The molecular weight excluding hydrogens is 252 g/mol. The molecule has 0 saturated heterocycles. The van der Waals surface area contributed by atoms with Crippen LogP contribution in [0.2, 0.25) is 0 Å². The van der Waals surface area contributed by atoms with Gasteiger partial charge in [-0.1, -0.05) is 24.6 Å². The molecule has 0 radical (unpaired) electrons. The highest BCUT2D eigenvalue weighted by Gasteiger charge is 2.28. The van der Waals surface area contributed by atoms with Gasteiger partial charge in [-0.3, -0.25) is 4.79 Å². The van der Waals surface area contributed by atoms with E-state index in [2.05, 4.69) is 5.32 Å². The number of benzene rings is 1. The number of amides is 1. The summed E-state index contributed by atoms with van der Waals surface area (Å²) < 4.78 is 5.66. The Balaban J connectivity index is 1.54. The molecule has 4 heteroatoms. The van der Waals surface area contributed by atoms with Gasteiger partial charge >= 0.3 is 0 Å². The number of ether oxygens (including phenoxy) is 1. The molecule has 3 N–H and O–H groups in total. The fraction of sp³-hybridized carbons (Fsp3) is 0.562. The normalized spacial score (nSPS) is 28.6. The van der Waals surface area contributed by atoms with Crippen LogP contribution in [0.3, 0.4) is 0 Å². The number of fused-ring (bicyclic) bond motifs is 1. The third-order valence-corrected chi connectivity index (χ3v) is 4.51. The molecule has 1 amide bonds. The Hall–Kier alpha value is -1.55. The first-order valence-corrected chi connectivity index (χ1v) is 7.48. The number of nitrogens with one attached hydrogen (secondary N) is 1. The Labute approximate surface area is 119 Å². The zero-order valence-corrected chi connectivity index (χ0v) is 11.7. The lowest BCUT2D eigenvalue weighted by Crippen LogP contribution is -2.41. The average molecular weight is 274 g/mol. The molecule has 3 rings (SSSR count). The van der Waals surface area contributed by atoms with E-state index in [-0.39, 0.29) is 17.9 Å². The molecule has 1 saturated carbocycles. The maximum absolute atomic E-state index is 12.2. The van der Waals surface area contributed by atoms with Gasteiger partial charge in [-0.15, -0.1) is 0 Å². The van der Waals surface area contributed by atoms with Crippen molar-refractivity contribution in [3.05, 3.63) is 29.8 Å². The molecule has 20 heavy (non-hydrogen) atoms. The zero-order valence-electron chi connectivity index (χ0n) is 11.7. The van der Waals surface area contributed by atoms with Gasteiger partial charge in [0.2, 0.25) is 5.91 Å². The minimum Gasteiger partial charge on any atom is -0.492 e. The van der Waals surface area contributed by atoms with Gasteiger partial charge in [0.15, 0.2) is 0 Å². The van der Waals surface area contributed by atoms with Crippen LogP contribution in [-0.2, 0) is 11.2 Å². The predicted molar refractivity (Wildman–Crippen MR) is 77.5 cm³/mol. The smallest absolute Gasteiger partial charge is 0.226 e. The van der Waals surface area contributed by atoms with Gasteiger partial charge in [0.05, 0.1) is 5.92 Å². The minimum atomic E-state index is -0.0810. The van der Waals surface area contributed by atoms with Crippen LogP contribution in [0.15, 0.2) is 24.3 Å². The molecule has 1 fully saturated rings. The van der Waals surface area contributed by atoms with Crippen molar-refractivity contribution in [2.75, 3.05) is 13.2 Å². The summed E-state index contributed by atoms with van der Waals surface area (Å²) in [7, 11) is 0. The molecular formula is C16H22N2O2. The summed E-state index contributed by atoms with van der Waals surface area (Å²) in [6.45, 7) is 1.18.